The zero-order chi connectivity index (χ0) is 14.0. The Bertz CT molecular complexity index is 552. The van der Waals surface area contributed by atoms with E-state index < -0.39 is 0 Å². The quantitative estimate of drug-likeness (QED) is 0.935. The Morgan fingerprint density at radius 2 is 1.95 bits per heavy atom. The topological polar surface area (TPSA) is 51.0 Å². The molecule has 0 saturated carbocycles. The summed E-state index contributed by atoms with van der Waals surface area (Å²) in [4.78, 5) is 0. The van der Waals surface area contributed by atoms with Crippen molar-refractivity contribution in [3.63, 3.8) is 0 Å². The smallest absolute Gasteiger partial charge is 0.247 e. The van der Waals surface area contributed by atoms with E-state index in [2.05, 4.69) is 52.2 Å². The van der Waals surface area contributed by atoms with Gasteiger partial charge in [-0.2, -0.15) is 0 Å². The Morgan fingerprint density at radius 3 is 2.58 bits per heavy atom. The summed E-state index contributed by atoms with van der Waals surface area (Å²) in [6, 6.07) is 6.04. The van der Waals surface area contributed by atoms with E-state index in [1.54, 1.807) is 0 Å². The highest BCUT2D eigenvalue weighted by molar-refractivity contribution is 9.10. The monoisotopic (exact) mass is 323 g/mol. The predicted molar refractivity (Wildman–Crippen MR) is 78.8 cm³/mol. The first kappa shape index (κ1) is 14.2. The third-order valence-electron chi connectivity index (χ3n) is 2.53. The first-order chi connectivity index (χ1) is 8.83. The van der Waals surface area contributed by atoms with Crippen LogP contribution in [0.15, 0.2) is 27.1 Å². The van der Waals surface area contributed by atoms with Gasteiger partial charge in [0.05, 0.1) is 6.54 Å². The van der Waals surface area contributed by atoms with Crippen molar-refractivity contribution in [2.75, 3.05) is 0 Å². The molecule has 2 aromatic rings. The normalized spacial score (nSPS) is 11.8. The fraction of sp³-hybridized carbons (Fsp3) is 0.429. The number of halogens is 1. The Kier molecular flexibility index (Phi) is 4.06. The van der Waals surface area contributed by atoms with E-state index in [0.717, 1.165) is 15.6 Å². The van der Waals surface area contributed by atoms with Gasteiger partial charge in [-0.3, -0.25) is 0 Å². The van der Waals surface area contributed by atoms with Crippen molar-refractivity contribution >= 4 is 15.9 Å². The van der Waals surface area contributed by atoms with Gasteiger partial charge in [0, 0.05) is 15.6 Å². The van der Waals surface area contributed by atoms with Crippen LogP contribution in [0.4, 0.5) is 0 Å². The summed E-state index contributed by atoms with van der Waals surface area (Å²) in [6.07, 6.45) is 0. The van der Waals surface area contributed by atoms with Crippen LogP contribution in [0.1, 0.15) is 32.2 Å². The SMILES string of the molecule is Cc1cc(Br)cc(-c2nnc(CNC(C)(C)C)o2)c1. The van der Waals surface area contributed by atoms with E-state index >= 15 is 0 Å². The van der Waals surface area contributed by atoms with E-state index in [0.29, 0.717) is 18.3 Å². The zero-order valence-electron chi connectivity index (χ0n) is 11.6. The molecule has 2 rings (SSSR count). The Hall–Kier alpha value is -1.20. The van der Waals surface area contributed by atoms with Gasteiger partial charge in [-0.05, 0) is 51.5 Å². The minimum Gasteiger partial charge on any atom is -0.419 e. The lowest BCUT2D eigenvalue weighted by Gasteiger charge is -2.18. The van der Waals surface area contributed by atoms with Crippen molar-refractivity contribution in [2.45, 2.75) is 39.8 Å². The van der Waals surface area contributed by atoms with Crippen molar-refractivity contribution in [3.05, 3.63) is 34.1 Å². The molecule has 1 heterocycles. The van der Waals surface area contributed by atoms with Gasteiger partial charge in [-0.15, -0.1) is 10.2 Å². The molecule has 1 aromatic carbocycles. The van der Waals surface area contributed by atoms with Crippen LogP contribution in [0, 0.1) is 6.92 Å². The maximum Gasteiger partial charge on any atom is 0.247 e. The van der Waals surface area contributed by atoms with Crippen LogP contribution in [0.2, 0.25) is 0 Å². The zero-order valence-corrected chi connectivity index (χ0v) is 13.2. The van der Waals surface area contributed by atoms with Gasteiger partial charge < -0.3 is 9.73 Å². The first-order valence-corrected chi connectivity index (χ1v) is 6.98. The van der Waals surface area contributed by atoms with E-state index in [1.165, 1.54) is 0 Å². The number of nitrogens with zero attached hydrogens (tertiary/aromatic N) is 2. The van der Waals surface area contributed by atoms with E-state index in [1.807, 2.05) is 25.1 Å². The Balaban J connectivity index is 2.16. The van der Waals surface area contributed by atoms with Crippen molar-refractivity contribution in [1.82, 2.24) is 15.5 Å². The van der Waals surface area contributed by atoms with Crippen LogP contribution in [0.3, 0.4) is 0 Å². The summed E-state index contributed by atoms with van der Waals surface area (Å²) >= 11 is 3.47. The first-order valence-electron chi connectivity index (χ1n) is 6.18. The fourth-order valence-electron chi connectivity index (χ4n) is 1.64. The molecule has 0 aliphatic carbocycles. The van der Waals surface area contributed by atoms with Gasteiger partial charge >= 0.3 is 0 Å². The number of hydrogen-bond acceptors (Lipinski definition) is 4. The van der Waals surface area contributed by atoms with Gasteiger partial charge in [-0.1, -0.05) is 15.9 Å². The minimum absolute atomic E-state index is 0.0288. The van der Waals surface area contributed by atoms with Gasteiger partial charge in [0.25, 0.3) is 0 Å². The average molecular weight is 324 g/mol. The van der Waals surface area contributed by atoms with Gasteiger partial charge in [0.2, 0.25) is 11.8 Å². The molecule has 0 amide bonds. The van der Waals surface area contributed by atoms with Crippen LogP contribution in [-0.2, 0) is 6.54 Å². The maximum absolute atomic E-state index is 5.67. The molecule has 0 bridgehead atoms. The largest absolute Gasteiger partial charge is 0.419 e. The van der Waals surface area contributed by atoms with E-state index in [-0.39, 0.29) is 5.54 Å². The molecule has 0 unspecified atom stereocenters. The lowest BCUT2D eigenvalue weighted by atomic mass is 10.1. The molecule has 102 valence electrons. The van der Waals surface area contributed by atoms with Gasteiger partial charge in [0.15, 0.2) is 0 Å². The predicted octanol–water partition coefficient (Wildman–Crippen LogP) is 3.70. The molecule has 5 heteroatoms. The second kappa shape index (κ2) is 5.43. The molecular weight excluding hydrogens is 306 g/mol. The molecule has 0 saturated heterocycles. The van der Waals surface area contributed by atoms with Crippen LogP contribution in [-0.4, -0.2) is 15.7 Å². The van der Waals surface area contributed by atoms with Crippen LogP contribution < -0.4 is 5.32 Å². The highest BCUT2D eigenvalue weighted by Crippen LogP contribution is 2.24. The summed E-state index contributed by atoms with van der Waals surface area (Å²) < 4.78 is 6.68. The standard InChI is InChI=1S/C14H18BrN3O/c1-9-5-10(7-11(15)6-9)13-18-17-12(19-13)8-16-14(2,3)4/h5-7,16H,8H2,1-4H3. The molecule has 1 N–H and O–H groups in total. The van der Waals surface area contributed by atoms with E-state index in [4.69, 9.17) is 4.42 Å². The molecule has 0 aliphatic rings. The number of nitrogens with one attached hydrogen (secondary N) is 1. The number of benzene rings is 1. The maximum atomic E-state index is 5.67. The molecule has 4 nitrogen and oxygen atoms in total. The van der Waals surface area contributed by atoms with Gasteiger partial charge in [-0.25, -0.2) is 0 Å². The number of hydrogen-bond donors (Lipinski definition) is 1. The van der Waals surface area contributed by atoms with Crippen LogP contribution in [0.25, 0.3) is 11.5 Å². The number of rotatable bonds is 3. The van der Waals surface area contributed by atoms with Crippen molar-refractivity contribution < 1.29 is 4.42 Å². The molecular formula is C14H18BrN3O. The van der Waals surface area contributed by atoms with E-state index in [9.17, 15) is 0 Å². The third kappa shape index (κ3) is 4.14. The molecule has 0 atom stereocenters. The molecule has 1 aromatic heterocycles. The second-order valence-corrected chi connectivity index (χ2v) is 6.54. The molecule has 0 fully saturated rings. The second-order valence-electron chi connectivity index (χ2n) is 5.62. The van der Waals surface area contributed by atoms with Crippen molar-refractivity contribution in [1.29, 1.82) is 0 Å². The minimum atomic E-state index is 0.0288. The molecule has 0 radical (unpaired) electrons. The van der Waals surface area contributed by atoms with Crippen LogP contribution in [0.5, 0.6) is 0 Å². The Morgan fingerprint density at radius 1 is 1.21 bits per heavy atom. The summed E-state index contributed by atoms with van der Waals surface area (Å²) in [6.45, 7) is 8.90. The number of aryl methyl sites for hydroxylation is 1. The average Bonchev–Trinajstić information content (AvgIpc) is 2.72. The molecule has 0 spiro atoms. The summed E-state index contributed by atoms with van der Waals surface area (Å²) in [5.74, 6) is 1.15. The highest BCUT2D eigenvalue weighted by Gasteiger charge is 2.13. The lowest BCUT2D eigenvalue weighted by molar-refractivity contribution is 0.383. The highest BCUT2D eigenvalue weighted by atomic mass is 79.9. The summed E-state index contributed by atoms with van der Waals surface area (Å²) in [5, 5.41) is 11.5. The summed E-state index contributed by atoms with van der Waals surface area (Å²) in [5.41, 5.74) is 2.11. The Labute approximate surface area is 121 Å². The van der Waals surface area contributed by atoms with Crippen molar-refractivity contribution in [3.8, 4) is 11.5 Å². The number of aromatic nitrogens is 2. The fourth-order valence-corrected chi connectivity index (χ4v) is 2.25. The van der Waals surface area contributed by atoms with Gasteiger partial charge in [0.1, 0.15) is 0 Å². The third-order valence-corrected chi connectivity index (χ3v) is 2.98. The summed E-state index contributed by atoms with van der Waals surface area (Å²) in [7, 11) is 0. The molecule has 19 heavy (non-hydrogen) atoms. The van der Waals surface area contributed by atoms with Crippen molar-refractivity contribution in [2.24, 2.45) is 0 Å². The lowest BCUT2D eigenvalue weighted by Crippen LogP contribution is -2.35. The molecule has 0 aliphatic heterocycles. The van der Waals surface area contributed by atoms with Crippen LogP contribution >= 0.6 is 15.9 Å².